The van der Waals surface area contributed by atoms with Crippen LogP contribution in [0, 0.1) is 11.3 Å². The third kappa shape index (κ3) is 3.71. The van der Waals surface area contributed by atoms with Gasteiger partial charge < -0.3 is 10.4 Å². The first-order valence-electron chi connectivity index (χ1n) is 8.34. The molecule has 2 aromatic carbocycles. The Morgan fingerprint density at radius 2 is 2.00 bits per heavy atom. The second-order valence-electron chi connectivity index (χ2n) is 6.42. The molecule has 1 fully saturated rings. The molecule has 0 unspecified atom stereocenters. The summed E-state index contributed by atoms with van der Waals surface area (Å²) in [5.41, 5.74) is 2.98. The average Bonchev–Trinajstić information content (AvgIpc) is 3.01. The monoisotopic (exact) mass is 335 g/mol. The highest BCUT2D eigenvalue weighted by atomic mass is 16.3. The maximum absolute atomic E-state index is 12.4. The number of rotatable bonds is 4. The van der Waals surface area contributed by atoms with Crippen molar-refractivity contribution in [2.45, 2.75) is 18.5 Å². The van der Waals surface area contributed by atoms with Gasteiger partial charge >= 0.3 is 0 Å². The van der Waals surface area contributed by atoms with E-state index < -0.39 is 0 Å². The lowest BCUT2D eigenvalue weighted by molar-refractivity contribution is 0.0938. The maximum Gasteiger partial charge on any atom is 0.251 e. The Hall–Kier alpha value is -2.68. The molecule has 0 aromatic heterocycles. The number of carbonyl (C=O) groups is 1. The van der Waals surface area contributed by atoms with Gasteiger partial charge in [0, 0.05) is 24.2 Å². The van der Waals surface area contributed by atoms with E-state index in [2.05, 4.69) is 16.3 Å². The normalized spacial score (nSPS) is 20.2. The molecule has 0 bridgehead atoms. The van der Waals surface area contributed by atoms with E-state index in [0.717, 1.165) is 24.1 Å². The summed E-state index contributed by atoms with van der Waals surface area (Å²) in [7, 11) is 1.95. The van der Waals surface area contributed by atoms with E-state index >= 15 is 0 Å². The molecule has 25 heavy (non-hydrogen) atoms. The van der Waals surface area contributed by atoms with E-state index in [1.807, 2.05) is 37.4 Å². The van der Waals surface area contributed by atoms with Gasteiger partial charge in [-0.3, -0.25) is 9.69 Å². The van der Waals surface area contributed by atoms with Crippen LogP contribution in [0.1, 0.15) is 22.3 Å². The summed E-state index contributed by atoms with van der Waals surface area (Å²) in [4.78, 5) is 14.5. The number of nitrogens with one attached hydrogen (secondary N) is 1. The molecule has 5 nitrogen and oxygen atoms in total. The number of carbonyl (C=O) groups excluding carboxylic acids is 1. The predicted molar refractivity (Wildman–Crippen MR) is 96.0 cm³/mol. The van der Waals surface area contributed by atoms with Gasteiger partial charge in [0.15, 0.2) is 0 Å². The van der Waals surface area contributed by atoms with Crippen LogP contribution in [0.3, 0.4) is 0 Å². The first kappa shape index (κ1) is 17.2. The number of likely N-dealkylation sites (tertiary alicyclic amines) is 1. The van der Waals surface area contributed by atoms with Gasteiger partial charge in [-0.2, -0.15) is 5.26 Å². The van der Waals surface area contributed by atoms with Crippen molar-refractivity contribution >= 4 is 5.91 Å². The summed E-state index contributed by atoms with van der Waals surface area (Å²) in [6, 6.07) is 17.0. The lowest BCUT2D eigenvalue weighted by Gasteiger charge is -2.15. The van der Waals surface area contributed by atoms with Crippen LogP contribution in [0.4, 0.5) is 0 Å². The summed E-state index contributed by atoms with van der Waals surface area (Å²) in [5, 5.41) is 21.5. The summed E-state index contributed by atoms with van der Waals surface area (Å²) in [6.07, 6.45) is 0.756. The van der Waals surface area contributed by atoms with Crippen molar-refractivity contribution in [2.24, 2.45) is 0 Å². The molecule has 1 saturated heterocycles. The van der Waals surface area contributed by atoms with Gasteiger partial charge in [-0.1, -0.05) is 30.3 Å². The molecule has 0 saturated carbocycles. The Morgan fingerprint density at radius 1 is 1.28 bits per heavy atom. The first-order valence-corrected chi connectivity index (χ1v) is 8.34. The van der Waals surface area contributed by atoms with Crippen molar-refractivity contribution in [3.8, 4) is 17.2 Å². The summed E-state index contributed by atoms with van der Waals surface area (Å²) in [5.74, 6) is -0.114. The van der Waals surface area contributed by atoms with E-state index in [1.165, 1.54) is 0 Å². The van der Waals surface area contributed by atoms with Gasteiger partial charge in [0.1, 0.15) is 0 Å². The molecular weight excluding hydrogens is 314 g/mol. The molecule has 2 N–H and O–H groups in total. The standard InChI is InChI=1S/C20H21N3O2/c1-23-12-17(10-18(23)13-24)22-20(25)15-8-6-14(7-9-15)19-5-3-2-4-16(19)11-21/h2-9,17-18,24H,10,12-13H2,1H3,(H,22,25)/t17-,18+/m1/s1. The summed E-state index contributed by atoms with van der Waals surface area (Å²) < 4.78 is 0. The van der Waals surface area contributed by atoms with Gasteiger partial charge in [0.25, 0.3) is 5.91 Å². The molecule has 128 valence electrons. The fourth-order valence-electron chi connectivity index (χ4n) is 3.30. The molecule has 1 aliphatic heterocycles. The van der Waals surface area contributed by atoms with Crippen molar-refractivity contribution < 1.29 is 9.90 Å². The molecule has 3 rings (SSSR count). The first-order chi connectivity index (χ1) is 12.1. The van der Waals surface area contributed by atoms with E-state index in [9.17, 15) is 15.2 Å². The molecular formula is C20H21N3O2. The Labute approximate surface area is 147 Å². The van der Waals surface area contributed by atoms with Crippen LogP contribution in [-0.2, 0) is 0 Å². The van der Waals surface area contributed by atoms with Crippen LogP contribution in [0.15, 0.2) is 48.5 Å². The van der Waals surface area contributed by atoms with Crippen LogP contribution < -0.4 is 5.32 Å². The minimum Gasteiger partial charge on any atom is -0.395 e. The Bertz CT molecular complexity index is 795. The zero-order chi connectivity index (χ0) is 17.8. The van der Waals surface area contributed by atoms with Crippen LogP contribution in [0.25, 0.3) is 11.1 Å². The number of benzene rings is 2. The van der Waals surface area contributed by atoms with Gasteiger partial charge in [0.2, 0.25) is 0 Å². The second-order valence-corrected chi connectivity index (χ2v) is 6.42. The largest absolute Gasteiger partial charge is 0.395 e. The molecule has 1 aliphatic rings. The molecule has 1 amide bonds. The topological polar surface area (TPSA) is 76.4 Å². The SMILES string of the molecule is CN1C[C@H](NC(=O)c2ccc(-c3ccccc3C#N)cc2)C[C@H]1CO. The number of hydrogen-bond acceptors (Lipinski definition) is 4. The minimum atomic E-state index is -0.114. The molecule has 1 heterocycles. The lowest BCUT2D eigenvalue weighted by Crippen LogP contribution is -2.36. The maximum atomic E-state index is 12.4. The highest BCUT2D eigenvalue weighted by Crippen LogP contribution is 2.23. The fraction of sp³-hybridized carbons (Fsp3) is 0.300. The minimum absolute atomic E-state index is 0.0497. The van der Waals surface area contributed by atoms with Crippen molar-refractivity contribution in [2.75, 3.05) is 20.2 Å². The molecule has 0 spiro atoms. The Balaban J connectivity index is 1.70. The van der Waals surface area contributed by atoms with Gasteiger partial charge in [0.05, 0.1) is 18.2 Å². The van der Waals surface area contributed by atoms with Crippen molar-refractivity contribution in [3.63, 3.8) is 0 Å². The Morgan fingerprint density at radius 3 is 2.64 bits per heavy atom. The number of nitriles is 1. The molecule has 0 radical (unpaired) electrons. The smallest absolute Gasteiger partial charge is 0.251 e. The molecule has 2 aromatic rings. The van der Waals surface area contributed by atoms with Gasteiger partial charge in [-0.15, -0.1) is 0 Å². The molecule has 5 heteroatoms. The number of amides is 1. The van der Waals surface area contributed by atoms with Gasteiger partial charge in [-0.25, -0.2) is 0 Å². The number of nitrogens with zero attached hydrogens (tertiary/aromatic N) is 2. The Kier molecular flexibility index (Phi) is 5.13. The molecule has 2 atom stereocenters. The number of aliphatic hydroxyl groups is 1. The zero-order valence-electron chi connectivity index (χ0n) is 14.1. The third-order valence-corrected chi connectivity index (χ3v) is 4.74. The highest BCUT2D eigenvalue weighted by Gasteiger charge is 2.29. The van der Waals surface area contributed by atoms with E-state index in [4.69, 9.17) is 0 Å². The number of aliphatic hydroxyl groups excluding tert-OH is 1. The van der Waals surface area contributed by atoms with Gasteiger partial charge in [-0.05, 0) is 42.8 Å². The zero-order valence-corrected chi connectivity index (χ0v) is 14.1. The van der Waals surface area contributed by atoms with Crippen LogP contribution in [-0.4, -0.2) is 48.2 Å². The average molecular weight is 335 g/mol. The van der Waals surface area contributed by atoms with Crippen molar-refractivity contribution in [3.05, 3.63) is 59.7 Å². The van der Waals surface area contributed by atoms with Crippen LogP contribution in [0.5, 0.6) is 0 Å². The van der Waals surface area contributed by atoms with Crippen LogP contribution in [0.2, 0.25) is 0 Å². The quantitative estimate of drug-likeness (QED) is 0.896. The van der Waals surface area contributed by atoms with E-state index in [1.54, 1.807) is 18.2 Å². The van der Waals surface area contributed by atoms with Crippen molar-refractivity contribution in [1.29, 1.82) is 5.26 Å². The number of hydrogen-bond donors (Lipinski definition) is 2. The summed E-state index contributed by atoms with van der Waals surface area (Å²) in [6.45, 7) is 0.848. The number of likely N-dealkylation sites (N-methyl/N-ethyl adjacent to an activating group) is 1. The van der Waals surface area contributed by atoms with Crippen LogP contribution >= 0.6 is 0 Å². The fourth-order valence-corrected chi connectivity index (χ4v) is 3.30. The summed E-state index contributed by atoms with van der Waals surface area (Å²) >= 11 is 0. The van der Waals surface area contributed by atoms with E-state index in [-0.39, 0.29) is 24.6 Å². The van der Waals surface area contributed by atoms with E-state index in [0.29, 0.717) is 11.1 Å². The third-order valence-electron chi connectivity index (χ3n) is 4.74. The second kappa shape index (κ2) is 7.47. The lowest BCUT2D eigenvalue weighted by atomic mass is 9.99. The molecule has 0 aliphatic carbocycles. The van der Waals surface area contributed by atoms with Crippen molar-refractivity contribution in [1.82, 2.24) is 10.2 Å². The highest BCUT2D eigenvalue weighted by molar-refractivity contribution is 5.95. The predicted octanol–water partition coefficient (Wildman–Crippen LogP) is 2.02.